The first-order valence-corrected chi connectivity index (χ1v) is 11.9. The van der Waals surface area contributed by atoms with E-state index >= 15 is 0 Å². The third kappa shape index (κ3) is 4.62. The lowest BCUT2D eigenvalue weighted by Gasteiger charge is -2.20. The Morgan fingerprint density at radius 3 is 2.60 bits per heavy atom. The van der Waals surface area contributed by atoms with Gasteiger partial charge >= 0.3 is 0 Å². The highest BCUT2D eigenvalue weighted by atomic mass is 79.9. The summed E-state index contributed by atoms with van der Waals surface area (Å²) in [6.07, 6.45) is 4.24. The molecule has 0 unspecified atom stereocenters. The second kappa shape index (κ2) is 9.35. The van der Waals surface area contributed by atoms with E-state index in [2.05, 4.69) is 15.9 Å². The number of carbonyl (C=O) groups excluding carboxylic acids is 1. The van der Waals surface area contributed by atoms with Gasteiger partial charge in [-0.25, -0.2) is 4.98 Å². The summed E-state index contributed by atoms with van der Waals surface area (Å²) in [5.74, 6) is 0.271. The van der Waals surface area contributed by atoms with Crippen LogP contribution in [0.2, 0.25) is 0 Å². The fraction of sp³-hybridized carbons (Fsp3) is 0.348. The Kier molecular flexibility index (Phi) is 6.58. The van der Waals surface area contributed by atoms with E-state index in [1.54, 1.807) is 4.90 Å². The van der Waals surface area contributed by atoms with Crippen molar-refractivity contribution in [1.29, 1.82) is 0 Å². The normalized spacial score (nSPS) is 14.3. The fourth-order valence-electron chi connectivity index (χ4n) is 3.90. The van der Waals surface area contributed by atoms with E-state index in [0.717, 1.165) is 35.7 Å². The summed E-state index contributed by atoms with van der Waals surface area (Å²) < 4.78 is 2.85. The Bertz CT molecular complexity index is 1110. The molecule has 1 heterocycles. The van der Waals surface area contributed by atoms with Crippen molar-refractivity contribution in [3.63, 3.8) is 0 Å². The molecule has 0 spiro atoms. The maximum atomic E-state index is 13.2. The highest BCUT2D eigenvalue weighted by Crippen LogP contribution is 2.32. The Labute approximate surface area is 188 Å². The molecule has 30 heavy (non-hydrogen) atoms. The zero-order valence-corrected chi connectivity index (χ0v) is 19.3. The lowest BCUT2D eigenvalue weighted by molar-refractivity contribution is -0.127. The summed E-state index contributed by atoms with van der Waals surface area (Å²) in [6, 6.07) is 15.6. The molecule has 1 amide bonds. The quantitative estimate of drug-likeness (QED) is 0.363. The predicted molar refractivity (Wildman–Crippen MR) is 125 cm³/mol. The number of aromatic nitrogens is 2. The second-order valence-corrected chi connectivity index (χ2v) is 9.55. The smallest absolute Gasteiger partial charge is 0.262 e. The number of halogens is 1. The molecule has 0 radical (unpaired) electrons. The predicted octanol–water partition coefficient (Wildman–Crippen LogP) is 5.02. The lowest BCUT2D eigenvalue weighted by Crippen LogP contribution is -2.29. The number of carbonyl (C=O) groups is 1. The van der Waals surface area contributed by atoms with Crippen LogP contribution < -0.4 is 5.56 Å². The van der Waals surface area contributed by atoms with E-state index in [9.17, 15) is 9.59 Å². The van der Waals surface area contributed by atoms with Crippen LogP contribution in [0, 0.1) is 0 Å². The van der Waals surface area contributed by atoms with Gasteiger partial charge in [0.2, 0.25) is 5.91 Å². The van der Waals surface area contributed by atoms with Crippen molar-refractivity contribution in [2.75, 3.05) is 12.8 Å². The molecule has 0 aliphatic heterocycles. The first kappa shape index (κ1) is 21.1. The maximum absolute atomic E-state index is 13.2. The summed E-state index contributed by atoms with van der Waals surface area (Å²) in [5.41, 5.74) is 1.77. The third-order valence-electron chi connectivity index (χ3n) is 5.55. The van der Waals surface area contributed by atoms with Crippen molar-refractivity contribution in [3.8, 4) is 0 Å². The molecular formula is C23H24BrN3O2S. The van der Waals surface area contributed by atoms with Crippen LogP contribution in [-0.2, 0) is 11.3 Å². The van der Waals surface area contributed by atoms with Crippen molar-refractivity contribution < 1.29 is 4.79 Å². The molecule has 0 atom stereocenters. The molecule has 1 aliphatic rings. The van der Waals surface area contributed by atoms with Gasteiger partial charge in [-0.3, -0.25) is 14.2 Å². The number of amides is 1. The summed E-state index contributed by atoms with van der Waals surface area (Å²) in [6.45, 7) is 0.549. The van der Waals surface area contributed by atoms with Crippen molar-refractivity contribution in [3.05, 3.63) is 68.9 Å². The maximum Gasteiger partial charge on any atom is 0.262 e. The van der Waals surface area contributed by atoms with Gasteiger partial charge in [0.15, 0.2) is 5.16 Å². The Morgan fingerprint density at radius 2 is 1.87 bits per heavy atom. The molecule has 156 valence electrons. The summed E-state index contributed by atoms with van der Waals surface area (Å²) in [7, 11) is 1.81. The molecule has 1 aromatic heterocycles. The number of rotatable bonds is 6. The minimum absolute atomic E-state index is 0.00525. The fourth-order valence-corrected chi connectivity index (χ4v) is 5.17. The van der Waals surface area contributed by atoms with Gasteiger partial charge in [-0.2, -0.15) is 0 Å². The Morgan fingerprint density at radius 1 is 1.17 bits per heavy atom. The molecule has 1 fully saturated rings. The van der Waals surface area contributed by atoms with Gasteiger partial charge in [0.25, 0.3) is 5.56 Å². The zero-order chi connectivity index (χ0) is 21.1. The topological polar surface area (TPSA) is 55.2 Å². The summed E-state index contributed by atoms with van der Waals surface area (Å²) in [5, 5.41) is 1.29. The van der Waals surface area contributed by atoms with Crippen molar-refractivity contribution >= 4 is 44.5 Å². The van der Waals surface area contributed by atoms with E-state index in [4.69, 9.17) is 4.98 Å². The minimum Gasteiger partial charge on any atom is -0.341 e. The van der Waals surface area contributed by atoms with Crippen molar-refractivity contribution in [2.24, 2.45) is 0 Å². The third-order valence-corrected chi connectivity index (χ3v) is 7.01. The van der Waals surface area contributed by atoms with Crippen LogP contribution in [0.25, 0.3) is 10.9 Å². The second-order valence-electron chi connectivity index (χ2n) is 7.69. The van der Waals surface area contributed by atoms with E-state index < -0.39 is 0 Å². The highest BCUT2D eigenvalue weighted by Gasteiger charge is 2.23. The Balaban J connectivity index is 1.54. The average molecular weight is 486 g/mol. The molecular weight excluding hydrogens is 462 g/mol. The SMILES string of the molecule is CN(Cc1ccc(Br)cc1)C(=O)CSc1nc2ccccc2c(=O)n1C1CCCC1. The van der Waals surface area contributed by atoms with Gasteiger partial charge in [0.1, 0.15) is 0 Å². The van der Waals surface area contributed by atoms with Gasteiger partial charge in [-0.15, -0.1) is 0 Å². The molecule has 7 heteroatoms. The van der Waals surface area contributed by atoms with E-state index in [0.29, 0.717) is 22.6 Å². The number of para-hydroxylation sites is 1. The van der Waals surface area contributed by atoms with Crippen LogP contribution in [0.3, 0.4) is 0 Å². The molecule has 4 rings (SSSR count). The molecule has 0 N–H and O–H groups in total. The molecule has 0 bridgehead atoms. The first-order valence-electron chi connectivity index (χ1n) is 10.2. The Hall–Kier alpha value is -2.12. The summed E-state index contributed by atoms with van der Waals surface area (Å²) >= 11 is 4.80. The van der Waals surface area contributed by atoms with E-state index in [1.165, 1.54) is 11.8 Å². The minimum atomic E-state index is 0.00525. The molecule has 1 aliphatic carbocycles. The molecule has 2 aromatic carbocycles. The molecule has 0 saturated heterocycles. The highest BCUT2D eigenvalue weighted by molar-refractivity contribution is 9.10. The number of fused-ring (bicyclic) bond motifs is 1. The van der Waals surface area contributed by atoms with Gasteiger partial charge in [0, 0.05) is 24.1 Å². The molecule has 3 aromatic rings. The van der Waals surface area contributed by atoms with E-state index in [-0.39, 0.29) is 23.3 Å². The zero-order valence-electron chi connectivity index (χ0n) is 16.9. The van der Waals surface area contributed by atoms with Crippen LogP contribution in [0.4, 0.5) is 0 Å². The van der Waals surface area contributed by atoms with E-state index in [1.807, 2.05) is 60.1 Å². The molecule has 1 saturated carbocycles. The van der Waals surface area contributed by atoms with Crippen LogP contribution in [0.5, 0.6) is 0 Å². The van der Waals surface area contributed by atoms with Crippen molar-refractivity contribution in [1.82, 2.24) is 14.5 Å². The van der Waals surface area contributed by atoms with Crippen LogP contribution in [0.1, 0.15) is 37.3 Å². The van der Waals surface area contributed by atoms with Gasteiger partial charge < -0.3 is 4.90 Å². The van der Waals surface area contributed by atoms with Gasteiger partial charge in [-0.1, -0.05) is 64.8 Å². The van der Waals surface area contributed by atoms with Gasteiger partial charge in [-0.05, 0) is 42.7 Å². The number of benzene rings is 2. The monoisotopic (exact) mass is 485 g/mol. The van der Waals surface area contributed by atoms with Crippen LogP contribution >= 0.6 is 27.7 Å². The lowest BCUT2D eigenvalue weighted by atomic mass is 10.2. The van der Waals surface area contributed by atoms with Crippen molar-refractivity contribution in [2.45, 2.75) is 43.4 Å². The number of hydrogen-bond donors (Lipinski definition) is 0. The largest absolute Gasteiger partial charge is 0.341 e. The average Bonchev–Trinajstić information content (AvgIpc) is 3.28. The summed E-state index contributed by atoms with van der Waals surface area (Å²) in [4.78, 5) is 32.4. The number of nitrogens with zero attached hydrogens (tertiary/aromatic N) is 3. The van der Waals surface area contributed by atoms with Gasteiger partial charge in [0.05, 0.1) is 16.7 Å². The number of hydrogen-bond acceptors (Lipinski definition) is 4. The first-order chi connectivity index (χ1) is 14.5. The van der Waals surface area contributed by atoms with Crippen LogP contribution in [-0.4, -0.2) is 33.2 Å². The molecule has 5 nitrogen and oxygen atoms in total. The van der Waals surface area contributed by atoms with Crippen LogP contribution in [0.15, 0.2) is 63.0 Å². The number of thioether (sulfide) groups is 1. The standard InChI is InChI=1S/C23H24BrN3O2S/c1-26(14-16-10-12-17(24)13-11-16)21(28)15-30-23-25-20-9-5-4-8-19(20)22(29)27(23)18-6-2-3-7-18/h4-5,8-13,18H,2-3,6-7,14-15H2,1H3.